The minimum atomic E-state index is -0.494. The Bertz CT molecular complexity index is 744. The predicted octanol–water partition coefficient (Wildman–Crippen LogP) is 3.52. The normalized spacial score (nSPS) is 12.3. The quantitative estimate of drug-likeness (QED) is 0.779. The molecule has 2 aromatic rings. The van der Waals surface area contributed by atoms with Crippen LogP contribution in [0.15, 0.2) is 48.5 Å². The second-order valence-electron chi connectivity index (χ2n) is 7.12. The van der Waals surface area contributed by atoms with Crippen LogP contribution in [0.3, 0.4) is 0 Å². The molecule has 1 atom stereocenters. The highest BCUT2D eigenvalue weighted by molar-refractivity contribution is 5.97. The van der Waals surface area contributed by atoms with E-state index in [2.05, 4.69) is 43.5 Å². The van der Waals surface area contributed by atoms with Crippen molar-refractivity contribution >= 4 is 23.2 Å². The first-order chi connectivity index (χ1) is 11.7. The largest absolute Gasteiger partial charge is 0.374 e. The third-order valence-corrected chi connectivity index (χ3v) is 3.96. The molecule has 2 amide bonds. The van der Waals surface area contributed by atoms with Gasteiger partial charge in [0.05, 0.1) is 0 Å². The first kappa shape index (κ1) is 18.5. The average Bonchev–Trinajstić information content (AvgIpc) is 2.55. The zero-order valence-corrected chi connectivity index (χ0v) is 15.1. The second-order valence-corrected chi connectivity index (χ2v) is 7.12. The number of nitrogens with two attached hydrogens (primary N) is 1. The molecule has 4 N–H and O–H groups in total. The molecule has 132 valence electrons. The maximum Gasteiger partial charge on any atom is 0.248 e. The molecule has 0 spiro atoms. The molecule has 25 heavy (non-hydrogen) atoms. The zero-order valence-electron chi connectivity index (χ0n) is 15.1. The van der Waals surface area contributed by atoms with Gasteiger partial charge in [0, 0.05) is 16.9 Å². The van der Waals surface area contributed by atoms with E-state index in [-0.39, 0.29) is 11.3 Å². The van der Waals surface area contributed by atoms with Crippen molar-refractivity contribution in [3.63, 3.8) is 0 Å². The Balaban J connectivity index is 1.96. The van der Waals surface area contributed by atoms with Gasteiger partial charge in [-0.2, -0.15) is 0 Å². The van der Waals surface area contributed by atoms with Gasteiger partial charge in [-0.1, -0.05) is 32.9 Å². The van der Waals surface area contributed by atoms with E-state index in [1.165, 1.54) is 5.56 Å². The number of carbonyl (C=O) groups excluding carboxylic acids is 2. The lowest BCUT2D eigenvalue weighted by Gasteiger charge is -2.20. The van der Waals surface area contributed by atoms with Crippen molar-refractivity contribution in [1.82, 2.24) is 0 Å². The number of rotatable bonds is 5. The van der Waals surface area contributed by atoms with E-state index in [9.17, 15) is 9.59 Å². The van der Waals surface area contributed by atoms with E-state index < -0.39 is 11.9 Å². The molecule has 0 bridgehead atoms. The van der Waals surface area contributed by atoms with Gasteiger partial charge in [-0.15, -0.1) is 0 Å². The standard InChI is InChI=1S/C20H25N3O2/c1-13(22-16-11-7-15(8-12-16)20(2,3)4)19(25)23-17-9-5-14(6-10-17)18(21)24/h5-13,22H,1-4H3,(H2,21,24)(H,23,25)/t13-/m1/s1. The van der Waals surface area contributed by atoms with Crippen molar-refractivity contribution in [3.8, 4) is 0 Å². The molecule has 0 saturated carbocycles. The lowest BCUT2D eigenvalue weighted by molar-refractivity contribution is -0.116. The summed E-state index contributed by atoms with van der Waals surface area (Å²) in [6.07, 6.45) is 0. The summed E-state index contributed by atoms with van der Waals surface area (Å²) < 4.78 is 0. The number of nitrogens with one attached hydrogen (secondary N) is 2. The lowest BCUT2D eigenvalue weighted by atomic mass is 9.87. The van der Waals surface area contributed by atoms with Crippen LogP contribution in [0.5, 0.6) is 0 Å². The number of primary amides is 1. The Hall–Kier alpha value is -2.82. The predicted molar refractivity (Wildman–Crippen MR) is 102 cm³/mol. The summed E-state index contributed by atoms with van der Waals surface area (Å²) in [5, 5.41) is 5.99. The van der Waals surface area contributed by atoms with Crippen LogP contribution in [0.2, 0.25) is 0 Å². The van der Waals surface area contributed by atoms with Gasteiger partial charge >= 0.3 is 0 Å². The molecule has 0 unspecified atom stereocenters. The topological polar surface area (TPSA) is 84.2 Å². The maximum atomic E-state index is 12.3. The molecule has 0 radical (unpaired) electrons. The van der Waals surface area contributed by atoms with Crippen LogP contribution in [0, 0.1) is 0 Å². The Kier molecular flexibility index (Phi) is 5.47. The Morgan fingerprint density at radius 2 is 1.44 bits per heavy atom. The van der Waals surface area contributed by atoms with Gasteiger partial charge in [-0.3, -0.25) is 9.59 Å². The molecule has 0 aliphatic heterocycles. The Morgan fingerprint density at radius 1 is 0.920 bits per heavy atom. The molecular weight excluding hydrogens is 314 g/mol. The van der Waals surface area contributed by atoms with Gasteiger partial charge in [-0.25, -0.2) is 0 Å². The first-order valence-corrected chi connectivity index (χ1v) is 8.24. The van der Waals surface area contributed by atoms with Crippen molar-refractivity contribution in [1.29, 1.82) is 0 Å². The van der Waals surface area contributed by atoms with Gasteiger partial charge in [-0.05, 0) is 54.3 Å². The van der Waals surface area contributed by atoms with Gasteiger partial charge < -0.3 is 16.4 Å². The van der Waals surface area contributed by atoms with Gasteiger partial charge in [0.25, 0.3) is 0 Å². The number of hydrogen-bond donors (Lipinski definition) is 3. The van der Waals surface area contributed by atoms with Crippen LogP contribution in [0.4, 0.5) is 11.4 Å². The summed E-state index contributed by atoms with van der Waals surface area (Å²) in [6, 6.07) is 14.2. The maximum absolute atomic E-state index is 12.3. The highest BCUT2D eigenvalue weighted by Gasteiger charge is 2.15. The van der Waals surface area contributed by atoms with Crippen molar-refractivity contribution in [2.24, 2.45) is 5.73 Å². The molecule has 2 rings (SSSR count). The Morgan fingerprint density at radius 3 is 1.92 bits per heavy atom. The van der Waals surface area contributed by atoms with Crippen molar-refractivity contribution in [2.75, 3.05) is 10.6 Å². The number of amides is 2. The van der Waals surface area contributed by atoms with Crippen molar-refractivity contribution in [2.45, 2.75) is 39.2 Å². The number of benzene rings is 2. The average molecular weight is 339 g/mol. The highest BCUT2D eigenvalue weighted by Crippen LogP contribution is 2.23. The molecule has 0 heterocycles. The molecule has 0 fully saturated rings. The van der Waals surface area contributed by atoms with E-state index in [1.54, 1.807) is 31.2 Å². The van der Waals surface area contributed by atoms with Crippen LogP contribution < -0.4 is 16.4 Å². The fourth-order valence-electron chi connectivity index (χ4n) is 2.35. The third-order valence-electron chi connectivity index (χ3n) is 3.96. The number of hydrogen-bond acceptors (Lipinski definition) is 3. The third kappa shape index (κ3) is 5.08. The van der Waals surface area contributed by atoms with Crippen LogP contribution >= 0.6 is 0 Å². The molecule has 0 aliphatic carbocycles. The molecule has 5 heteroatoms. The van der Waals surface area contributed by atoms with E-state index in [0.717, 1.165) is 5.69 Å². The molecule has 5 nitrogen and oxygen atoms in total. The fourth-order valence-corrected chi connectivity index (χ4v) is 2.35. The molecule has 2 aromatic carbocycles. The monoisotopic (exact) mass is 339 g/mol. The summed E-state index contributed by atoms with van der Waals surface area (Å²) in [5.41, 5.74) is 8.45. The van der Waals surface area contributed by atoms with E-state index in [1.807, 2.05) is 12.1 Å². The summed E-state index contributed by atoms with van der Waals surface area (Å²) in [7, 11) is 0. The minimum absolute atomic E-state index is 0.0958. The van der Waals surface area contributed by atoms with Crippen LogP contribution in [0.1, 0.15) is 43.6 Å². The fraction of sp³-hybridized carbons (Fsp3) is 0.300. The van der Waals surface area contributed by atoms with Gasteiger partial charge in [0.1, 0.15) is 6.04 Å². The SMILES string of the molecule is C[C@@H](Nc1ccc(C(C)(C)C)cc1)C(=O)Nc1ccc(C(N)=O)cc1. The summed E-state index contributed by atoms with van der Waals surface area (Å²) in [6.45, 7) is 8.28. The lowest BCUT2D eigenvalue weighted by Crippen LogP contribution is -2.31. The van der Waals surface area contributed by atoms with E-state index >= 15 is 0 Å². The molecule has 0 saturated heterocycles. The van der Waals surface area contributed by atoms with Crippen LogP contribution in [-0.2, 0) is 10.2 Å². The summed E-state index contributed by atoms with van der Waals surface area (Å²) in [5.74, 6) is -0.654. The van der Waals surface area contributed by atoms with Gasteiger partial charge in [0.15, 0.2) is 0 Å². The summed E-state index contributed by atoms with van der Waals surface area (Å²) >= 11 is 0. The highest BCUT2D eigenvalue weighted by atomic mass is 16.2. The van der Waals surface area contributed by atoms with E-state index in [4.69, 9.17) is 5.73 Å². The Labute approximate surface area is 148 Å². The van der Waals surface area contributed by atoms with Crippen LogP contribution in [-0.4, -0.2) is 17.9 Å². The second kappa shape index (κ2) is 7.38. The first-order valence-electron chi connectivity index (χ1n) is 8.24. The zero-order chi connectivity index (χ0) is 18.6. The number of carbonyl (C=O) groups is 2. The molecule has 0 aromatic heterocycles. The molecular formula is C20H25N3O2. The van der Waals surface area contributed by atoms with Gasteiger partial charge in [0.2, 0.25) is 11.8 Å². The molecule has 0 aliphatic rings. The van der Waals surface area contributed by atoms with Crippen molar-refractivity contribution < 1.29 is 9.59 Å². The van der Waals surface area contributed by atoms with Crippen molar-refractivity contribution in [3.05, 3.63) is 59.7 Å². The minimum Gasteiger partial charge on any atom is -0.374 e. The van der Waals surface area contributed by atoms with Crippen LogP contribution in [0.25, 0.3) is 0 Å². The van der Waals surface area contributed by atoms with E-state index in [0.29, 0.717) is 11.3 Å². The summed E-state index contributed by atoms with van der Waals surface area (Å²) in [4.78, 5) is 23.4. The smallest absolute Gasteiger partial charge is 0.248 e. The number of anilines is 2.